The van der Waals surface area contributed by atoms with Gasteiger partial charge < -0.3 is 4.90 Å². The number of rotatable bonds is 10. The highest BCUT2D eigenvalue weighted by Gasteiger charge is 2.27. The first-order valence-corrected chi connectivity index (χ1v) is 7.43. The van der Waals surface area contributed by atoms with Crippen LogP contribution >= 0.6 is 0 Å². The van der Waals surface area contributed by atoms with E-state index in [1.807, 2.05) is 6.92 Å². The highest BCUT2D eigenvalue weighted by atomic mass is 15.2. The molecule has 106 valence electrons. The van der Waals surface area contributed by atoms with Crippen molar-refractivity contribution in [2.24, 2.45) is 0 Å². The van der Waals surface area contributed by atoms with Gasteiger partial charge in [0.2, 0.25) is 0 Å². The molecule has 1 N–H and O–H groups in total. The summed E-state index contributed by atoms with van der Waals surface area (Å²) < 4.78 is 0. The van der Waals surface area contributed by atoms with Crippen molar-refractivity contribution < 1.29 is 0 Å². The number of nitrogens with one attached hydrogen (secondary N) is 1. The molecule has 0 aliphatic heterocycles. The molecular formula is C15H31N3. The summed E-state index contributed by atoms with van der Waals surface area (Å²) in [7, 11) is 0. The second-order valence-corrected chi connectivity index (χ2v) is 5.46. The lowest BCUT2D eigenvalue weighted by Crippen LogP contribution is -2.47. The van der Waals surface area contributed by atoms with E-state index >= 15 is 0 Å². The van der Waals surface area contributed by atoms with Gasteiger partial charge in [-0.15, -0.1) is 0 Å². The van der Waals surface area contributed by atoms with Gasteiger partial charge in [0, 0.05) is 6.04 Å². The summed E-state index contributed by atoms with van der Waals surface area (Å²) in [4.78, 5) is 2.50. The van der Waals surface area contributed by atoms with E-state index in [-0.39, 0.29) is 0 Å². The normalized spacial score (nSPS) is 16.3. The summed E-state index contributed by atoms with van der Waals surface area (Å²) in [5.41, 5.74) is -0.394. The van der Waals surface area contributed by atoms with Crippen LogP contribution in [0.5, 0.6) is 0 Å². The SMILES string of the molecule is CCCNC(C)(C#N)CC(C)N(CCC)CCC. The van der Waals surface area contributed by atoms with Gasteiger partial charge in [-0.2, -0.15) is 5.26 Å². The lowest BCUT2D eigenvalue weighted by atomic mass is 9.94. The lowest BCUT2D eigenvalue weighted by molar-refractivity contribution is 0.176. The van der Waals surface area contributed by atoms with Gasteiger partial charge in [-0.3, -0.25) is 5.32 Å². The molecule has 0 aliphatic rings. The van der Waals surface area contributed by atoms with Crippen LogP contribution in [0.3, 0.4) is 0 Å². The van der Waals surface area contributed by atoms with Crippen LogP contribution in [0.2, 0.25) is 0 Å². The van der Waals surface area contributed by atoms with E-state index in [0.717, 1.165) is 32.5 Å². The van der Waals surface area contributed by atoms with E-state index in [1.165, 1.54) is 12.8 Å². The highest BCUT2D eigenvalue weighted by Crippen LogP contribution is 2.16. The molecule has 0 amide bonds. The molecule has 0 aromatic heterocycles. The molecule has 0 radical (unpaired) electrons. The number of hydrogen-bond donors (Lipinski definition) is 1. The van der Waals surface area contributed by atoms with Crippen molar-refractivity contribution in [2.45, 2.75) is 71.9 Å². The van der Waals surface area contributed by atoms with Crippen LogP contribution in [0.15, 0.2) is 0 Å². The molecular weight excluding hydrogens is 222 g/mol. The van der Waals surface area contributed by atoms with E-state index < -0.39 is 5.54 Å². The van der Waals surface area contributed by atoms with Crippen LogP contribution in [-0.2, 0) is 0 Å². The largest absolute Gasteiger partial charge is 0.301 e. The lowest BCUT2D eigenvalue weighted by Gasteiger charge is -2.34. The van der Waals surface area contributed by atoms with E-state index in [1.54, 1.807) is 0 Å². The monoisotopic (exact) mass is 253 g/mol. The molecule has 0 fully saturated rings. The third-order valence-corrected chi connectivity index (χ3v) is 3.36. The van der Waals surface area contributed by atoms with Crippen molar-refractivity contribution in [1.29, 1.82) is 5.26 Å². The van der Waals surface area contributed by atoms with Gasteiger partial charge in [0.15, 0.2) is 0 Å². The third kappa shape index (κ3) is 6.37. The van der Waals surface area contributed by atoms with Crippen LogP contribution < -0.4 is 5.32 Å². The van der Waals surface area contributed by atoms with E-state index in [2.05, 4.69) is 44.0 Å². The number of hydrogen-bond acceptors (Lipinski definition) is 3. The zero-order valence-electron chi connectivity index (χ0n) is 12.9. The number of nitriles is 1. The Morgan fingerprint density at radius 3 is 2.11 bits per heavy atom. The fourth-order valence-corrected chi connectivity index (χ4v) is 2.41. The van der Waals surface area contributed by atoms with E-state index in [9.17, 15) is 5.26 Å². The molecule has 2 unspecified atom stereocenters. The molecule has 0 bridgehead atoms. The Balaban J connectivity index is 4.46. The van der Waals surface area contributed by atoms with Crippen LogP contribution in [0.25, 0.3) is 0 Å². The van der Waals surface area contributed by atoms with Crippen molar-refractivity contribution in [3.63, 3.8) is 0 Å². The first kappa shape index (κ1) is 17.4. The molecule has 2 atom stereocenters. The molecule has 3 heteroatoms. The smallest absolute Gasteiger partial charge is 0.105 e. The molecule has 0 aliphatic carbocycles. The first-order chi connectivity index (χ1) is 8.52. The predicted molar refractivity (Wildman–Crippen MR) is 78.5 cm³/mol. The Morgan fingerprint density at radius 2 is 1.72 bits per heavy atom. The van der Waals surface area contributed by atoms with E-state index in [4.69, 9.17) is 0 Å². The Kier molecular flexibility index (Phi) is 9.05. The van der Waals surface area contributed by atoms with Crippen LogP contribution in [0, 0.1) is 11.3 Å². The summed E-state index contributed by atoms with van der Waals surface area (Å²) >= 11 is 0. The second-order valence-electron chi connectivity index (χ2n) is 5.46. The number of nitrogens with zero attached hydrogens (tertiary/aromatic N) is 2. The van der Waals surface area contributed by atoms with Crippen molar-refractivity contribution in [3.05, 3.63) is 0 Å². The Labute approximate surface area is 114 Å². The zero-order chi connectivity index (χ0) is 14.0. The van der Waals surface area contributed by atoms with Crippen LogP contribution in [0.1, 0.15) is 60.3 Å². The third-order valence-electron chi connectivity index (χ3n) is 3.36. The summed E-state index contributed by atoms with van der Waals surface area (Å²) in [6.45, 7) is 14.0. The summed E-state index contributed by atoms with van der Waals surface area (Å²) in [5.74, 6) is 0. The second kappa shape index (κ2) is 9.35. The van der Waals surface area contributed by atoms with Crippen molar-refractivity contribution in [1.82, 2.24) is 10.2 Å². The van der Waals surface area contributed by atoms with Gasteiger partial charge in [0.05, 0.1) is 6.07 Å². The van der Waals surface area contributed by atoms with Gasteiger partial charge in [-0.25, -0.2) is 0 Å². The summed E-state index contributed by atoms with van der Waals surface area (Å²) in [6, 6.07) is 2.90. The first-order valence-electron chi connectivity index (χ1n) is 7.43. The van der Waals surface area contributed by atoms with Gasteiger partial charge >= 0.3 is 0 Å². The molecule has 0 saturated heterocycles. The maximum Gasteiger partial charge on any atom is 0.105 e. The molecule has 0 spiro atoms. The average Bonchev–Trinajstić information content (AvgIpc) is 2.36. The van der Waals surface area contributed by atoms with Gasteiger partial charge in [-0.1, -0.05) is 20.8 Å². The Bertz CT molecular complexity index is 241. The molecule has 0 saturated carbocycles. The van der Waals surface area contributed by atoms with Crippen molar-refractivity contribution in [3.8, 4) is 6.07 Å². The zero-order valence-corrected chi connectivity index (χ0v) is 12.9. The van der Waals surface area contributed by atoms with Gasteiger partial charge in [-0.05, 0) is 59.2 Å². The van der Waals surface area contributed by atoms with Crippen LogP contribution in [-0.4, -0.2) is 36.1 Å². The minimum absolute atomic E-state index is 0.394. The maximum absolute atomic E-state index is 9.37. The van der Waals surface area contributed by atoms with E-state index in [0.29, 0.717) is 6.04 Å². The quantitative estimate of drug-likeness (QED) is 0.650. The topological polar surface area (TPSA) is 39.1 Å². The molecule has 0 aromatic rings. The Hall–Kier alpha value is -0.590. The molecule has 0 aromatic carbocycles. The summed E-state index contributed by atoms with van der Waals surface area (Å²) in [5, 5.41) is 12.7. The van der Waals surface area contributed by atoms with Crippen LogP contribution in [0.4, 0.5) is 0 Å². The minimum atomic E-state index is -0.394. The van der Waals surface area contributed by atoms with Crippen molar-refractivity contribution >= 4 is 0 Å². The summed E-state index contributed by atoms with van der Waals surface area (Å²) in [6.07, 6.45) is 4.31. The maximum atomic E-state index is 9.37. The average molecular weight is 253 g/mol. The van der Waals surface area contributed by atoms with Crippen molar-refractivity contribution in [2.75, 3.05) is 19.6 Å². The Morgan fingerprint density at radius 1 is 1.17 bits per heavy atom. The fourth-order valence-electron chi connectivity index (χ4n) is 2.41. The standard InChI is InChI=1S/C15H31N3/c1-6-9-17-15(5,13-16)12-14(4)18(10-7-2)11-8-3/h14,17H,6-12H2,1-5H3. The van der Waals surface area contributed by atoms with Gasteiger partial charge in [0.1, 0.15) is 5.54 Å². The predicted octanol–water partition coefficient (Wildman–Crippen LogP) is 3.17. The van der Waals surface area contributed by atoms with Gasteiger partial charge in [0.25, 0.3) is 0 Å². The fraction of sp³-hybridized carbons (Fsp3) is 0.933. The highest BCUT2D eigenvalue weighted by molar-refractivity contribution is 5.05. The molecule has 18 heavy (non-hydrogen) atoms. The minimum Gasteiger partial charge on any atom is -0.301 e. The molecule has 3 nitrogen and oxygen atoms in total. The molecule has 0 rings (SSSR count). The molecule has 0 heterocycles.